The second-order valence-electron chi connectivity index (χ2n) is 8.10. The van der Waals surface area contributed by atoms with E-state index in [0.29, 0.717) is 0 Å². The molecule has 5 rings (SSSR count). The molecule has 0 nitrogen and oxygen atoms in total. The molecule has 0 atom stereocenters. The van der Waals surface area contributed by atoms with Crippen molar-refractivity contribution in [3.8, 4) is 22.3 Å². The average molecular weight is 373 g/mol. The van der Waals surface area contributed by atoms with Gasteiger partial charge in [-0.2, -0.15) is 0 Å². The monoisotopic (exact) mass is 372 g/mol. The Hall–Kier alpha value is -3.38. The molecule has 0 fully saturated rings. The molecule has 0 amide bonds. The Kier molecular flexibility index (Phi) is 4.21. The molecule has 0 spiro atoms. The van der Waals surface area contributed by atoms with Crippen molar-refractivity contribution in [1.82, 2.24) is 0 Å². The van der Waals surface area contributed by atoms with Crippen LogP contribution in [0.15, 0.2) is 91.5 Å². The lowest BCUT2D eigenvalue weighted by molar-refractivity contribution is 1.14. The fourth-order valence-corrected chi connectivity index (χ4v) is 4.38. The van der Waals surface area contributed by atoms with Crippen LogP contribution < -0.4 is 0 Å². The van der Waals surface area contributed by atoms with Crippen molar-refractivity contribution in [2.24, 2.45) is 0 Å². The number of hydrogen-bond acceptors (Lipinski definition) is 0. The van der Waals surface area contributed by atoms with Crippen molar-refractivity contribution in [3.63, 3.8) is 0 Å². The third kappa shape index (κ3) is 3.11. The van der Waals surface area contributed by atoms with E-state index in [1.54, 1.807) is 0 Å². The molecule has 0 N–H and O–H groups in total. The van der Waals surface area contributed by atoms with Crippen LogP contribution in [-0.4, -0.2) is 0 Å². The maximum absolute atomic E-state index is 4.51. The Morgan fingerprint density at radius 3 is 1.90 bits per heavy atom. The van der Waals surface area contributed by atoms with E-state index in [4.69, 9.17) is 0 Å². The lowest BCUT2D eigenvalue weighted by Gasteiger charge is -2.25. The van der Waals surface area contributed by atoms with E-state index < -0.39 is 0 Å². The van der Waals surface area contributed by atoms with Crippen LogP contribution in [0.1, 0.15) is 33.4 Å². The van der Waals surface area contributed by atoms with Crippen LogP contribution in [-0.2, 0) is 6.42 Å². The van der Waals surface area contributed by atoms with Crippen molar-refractivity contribution in [3.05, 3.63) is 125 Å². The molecule has 140 valence electrons. The molecule has 4 aromatic carbocycles. The molecule has 0 saturated heterocycles. The first kappa shape index (κ1) is 17.7. The molecular weight excluding hydrogens is 348 g/mol. The first-order valence-electron chi connectivity index (χ1n) is 10.2. The molecule has 0 bridgehead atoms. The van der Waals surface area contributed by atoms with Gasteiger partial charge in [0, 0.05) is 0 Å². The Morgan fingerprint density at radius 2 is 1.21 bits per heavy atom. The molecule has 1 aliphatic rings. The van der Waals surface area contributed by atoms with E-state index >= 15 is 0 Å². The van der Waals surface area contributed by atoms with Gasteiger partial charge >= 0.3 is 0 Å². The lowest BCUT2D eigenvalue weighted by atomic mass is 9.78. The lowest BCUT2D eigenvalue weighted by Crippen LogP contribution is -2.08. The number of rotatable bonds is 2. The third-order valence-electron chi connectivity index (χ3n) is 6.01. The van der Waals surface area contributed by atoms with Gasteiger partial charge in [0.25, 0.3) is 0 Å². The van der Waals surface area contributed by atoms with Gasteiger partial charge in [-0.05, 0) is 70.3 Å². The quantitative estimate of drug-likeness (QED) is 0.299. The molecule has 1 aliphatic carbocycles. The molecule has 0 radical (unpaired) electrons. The maximum atomic E-state index is 4.51. The van der Waals surface area contributed by atoms with Crippen LogP contribution in [0, 0.1) is 13.8 Å². The van der Waals surface area contributed by atoms with Crippen molar-refractivity contribution in [2.45, 2.75) is 20.3 Å². The van der Waals surface area contributed by atoms with Gasteiger partial charge in [-0.25, -0.2) is 0 Å². The summed E-state index contributed by atoms with van der Waals surface area (Å²) < 4.78 is 0. The zero-order valence-electron chi connectivity index (χ0n) is 17.0. The Morgan fingerprint density at radius 1 is 0.586 bits per heavy atom. The Bertz CT molecular complexity index is 1220. The predicted molar refractivity (Wildman–Crippen MR) is 124 cm³/mol. The molecule has 0 unspecified atom stereocenters. The van der Waals surface area contributed by atoms with Gasteiger partial charge in [0.2, 0.25) is 0 Å². The van der Waals surface area contributed by atoms with E-state index in [9.17, 15) is 0 Å². The molecule has 0 aromatic heterocycles. The highest BCUT2D eigenvalue weighted by atomic mass is 14.3. The van der Waals surface area contributed by atoms with Crippen LogP contribution in [0.4, 0.5) is 0 Å². The van der Waals surface area contributed by atoms with Gasteiger partial charge in [0.15, 0.2) is 0 Å². The number of hydrogen-bond donors (Lipinski definition) is 0. The molecule has 29 heavy (non-hydrogen) atoms. The van der Waals surface area contributed by atoms with Crippen LogP contribution >= 0.6 is 0 Å². The highest BCUT2D eigenvalue weighted by molar-refractivity contribution is 5.93. The van der Waals surface area contributed by atoms with E-state index in [0.717, 1.165) is 12.0 Å². The third-order valence-corrected chi connectivity index (χ3v) is 6.01. The van der Waals surface area contributed by atoms with Crippen LogP contribution in [0.3, 0.4) is 0 Å². The fourth-order valence-electron chi connectivity index (χ4n) is 4.38. The second kappa shape index (κ2) is 6.90. The summed E-state index contributed by atoms with van der Waals surface area (Å²) in [5.41, 5.74) is 14.1. The largest absolute Gasteiger partial charge is 0.0905 e. The van der Waals surface area contributed by atoms with Gasteiger partial charge in [-0.1, -0.05) is 103 Å². The number of fused-ring (bicyclic) bond motifs is 2. The SMILES string of the molecule is C=C1c2ccc(-c3ccc(C)cc3)cc2Cc2cccc(-c3ccc(C)cc3)c21. The van der Waals surface area contributed by atoms with Crippen molar-refractivity contribution < 1.29 is 0 Å². The second-order valence-corrected chi connectivity index (χ2v) is 8.10. The summed E-state index contributed by atoms with van der Waals surface area (Å²) >= 11 is 0. The molecule has 0 aliphatic heterocycles. The summed E-state index contributed by atoms with van der Waals surface area (Å²) in [6.07, 6.45) is 0.948. The fraction of sp³-hybridized carbons (Fsp3) is 0.103. The average Bonchev–Trinajstić information content (AvgIpc) is 2.74. The minimum Gasteiger partial charge on any atom is -0.0905 e. The normalized spacial score (nSPS) is 12.4. The highest BCUT2D eigenvalue weighted by Crippen LogP contribution is 2.41. The minimum absolute atomic E-state index is 0.948. The summed E-state index contributed by atoms with van der Waals surface area (Å²) in [5.74, 6) is 0. The molecule has 4 aromatic rings. The zero-order chi connectivity index (χ0) is 20.0. The van der Waals surface area contributed by atoms with Crippen molar-refractivity contribution >= 4 is 5.57 Å². The van der Waals surface area contributed by atoms with Gasteiger partial charge < -0.3 is 0 Å². The molecule has 0 heteroatoms. The van der Waals surface area contributed by atoms with Gasteiger partial charge in [0.05, 0.1) is 0 Å². The first-order valence-corrected chi connectivity index (χ1v) is 10.2. The van der Waals surface area contributed by atoms with Crippen LogP contribution in [0.2, 0.25) is 0 Å². The van der Waals surface area contributed by atoms with Crippen molar-refractivity contribution in [1.29, 1.82) is 0 Å². The summed E-state index contributed by atoms with van der Waals surface area (Å²) in [6, 6.07) is 31.0. The molecule has 0 heterocycles. The smallest absolute Gasteiger partial charge is 0.00130 e. The summed E-state index contributed by atoms with van der Waals surface area (Å²) in [5, 5.41) is 0. The van der Waals surface area contributed by atoms with Gasteiger partial charge in [0.1, 0.15) is 0 Å². The Labute approximate surface area is 173 Å². The van der Waals surface area contributed by atoms with E-state index in [2.05, 4.69) is 105 Å². The molecule has 0 saturated carbocycles. The standard InChI is InChI=1S/C29H24/c1-19-7-11-22(12-8-19)24-15-16-27-21(3)29-25(18-26(27)17-24)5-4-6-28(29)23-13-9-20(2)10-14-23/h4-17H,3,18H2,1-2H3. The summed E-state index contributed by atoms with van der Waals surface area (Å²) in [6.45, 7) is 8.77. The van der Waals surface area contributed by atoms with Gasteiger partial charge in [-0.15, -0.1) is 0 Å². The minimum atomic E-state index is 0.948. The summed E-state index contributed by atoms with van der Waals surface area (Å²) in [7, 11) is 0. The topological polar surface area (TPSA) is 0 Å². The highest BCUT2D eigenvalue weighted by Gasteiger charge is 2.22. The van der Waals surface area contributed by atoms with Crippen molar-refractivity contribution in [2.75, 3.05) is 0 Å². The van der Waals surface area contributed by atoms with E-state index in [1.807, 2.05) is 0 Å². The molecular formula is C29H24. The van der Waals surface area contributed by atoms with Crippen LogP contribution in [0.5, 0.6) is 0 Å². The number of aryl methyl sites for hydroxylation is 2. The Balaban J connectivity index is 1.59. The van der Waals surface area contributed by atoms with E-state index in [1.165, 1.54) is 55.6 Å². The predicted octanol–water partition coefficient (Wildman–Crippen LogP) is 7.60. The first-order chi connectivity index (χ1) is 14.1. The maximum Gasteiger partial charge on any atom is -0.00130 e. The van der Waals surface area contributed by atoms with Crippen LogP contribution in [0.25, 0.3) is 27.8 Å². The van der Waals surface area contributed by atoms with Gasteiger partial charge in [-0.3, -0.25) is 0 Å². The zero-order valence-corrected chi connectivity index (χ0v) is 17.0. The van der Waals surface area contributed by atoms with E-state index in [-0.39, 0.29) is 0 Å². The number of benzene rings is 4. The summed E-state index contributed by atoms with van der Waals surface area (Å²) in [4.78, 5) is 0.